The van der Waals surface area contributed by atoms with Crippen LogP contribution in [0.2, 0.25) is 0 Å². The van der Waals surface area contributed by atoms with Gasteiger partial charge in [-0.15, -0.1) is 5.10 Å². The van der Waals surface area contributed by atoms with Crippen LogP contribution in [-0.2, 0) is 5.41 Å². The molecular weight excluding hydrogens is 431 g/mol. The summed E-state index contributed by atoms with van der Waals surface area (Å²) in [5.41, 5.74) is 3.31. The lowest BCUT2D eigenvalue weighted by Gasteiger charge is -2.23. The van der Waals surface area contributed by atoms with Crippen molar-refractivity contribution >= 4 is 22.6 Å². The molecule has 0 amide bonds. The molecule has 4 saturated carbocycles. The van der Waals surface area contributed by atoms with Crippen LogP contribution in [0.5, 0.6) is 0 Å². The number of hydrogen-bond donors (Lipinski definition) is 2. The molecule has 2 atom stereocenters. The third-order valence-corrected chi connectivity index (χ3v) is 7.60. The van der Waals surface area contributed by atoms with Crippen LogP contribution in [0.15, 0.2) is 22.6 Å². The van der Waals surface area contributed by atoms with Crippen LogP contribution >= 0.6 is 0 Å². The predicted molar refractivity (Wildman–Crippen MR) is 119 cm³/mol. The molecule has 4 aliphatic rings. The van der Waals surface area contributed by atoms with Crippen LogP contribution in [0.4, 0.5) is 24.9 Å². The fourth-order valence-electron chi connectivity index (χ4n) is 5.96. The van der Waals surface area contributed by atoms with E-state index in [1.807, 2.05) is 33.8 Å². The van der Waals surface area contributed by atoms with Gasteiger partial charge in [0.1, 0.15) is 12.2 Å². The summed E-state index contributed by atoms with van der Waals surface area (Å²) < 4.78 is 44.2. The summed E-state index contributed by atoms with van der Waals surface area (Å²) in [7, 11) is 0. The van der Waals surface area contributed by atoms with E-state index in [0.29, 0.717) is 23.3 Å². The van der Waals surface area contributed by atoms with E-state index in [1.165, 1.54) is 12.8 Å². The molecule has 4 fully saturated rings. The minimum absolute atomic E-state index is 0.204. The second-order valence-electron chi connectivity index (χ2n) is 10.7. The normalized spacial score (nSPS) is 27.5. The van der Waals surface area contributed by atoms with Crippen molar-refractivity contribution in [2.45, 2.75) is 57.7 Å². The maximum absolute atomic E-state index is 12.8. The largest absolute Gasteiger partial charge is 0.405 e. The Hall–Kier alpha value is -2.84. The third kappa shape index (κ3) is 3.19. The van der Waals surface area contributed by atoms with Crippen LogP contribution in [0.1, 0.15) is 44.7 Å². The highest BCUT2D eigenvalue weighted by Gasteiger charge is 2.89. The van der Waals surface area contributed by atoms with Gasteiger partial charge in [0, 0.05) is 11.1 Å². The number of halogens is 3. The summed E-state index contributed by atoms with van der Waals surface area (Å²) in [5.74, 6) is 2.63. The Balaban J connectivity index is 1.36. The molecular formula is C24H26F3N5O. The third-order valence-electron chi connectivity index (χ3n) is 7.60. The van der Waals surface area contributed by atoms with Gasteiger partial charge in [-0.1, -0.05) is 25.9 Å². The molecule has 4 aliphatic carbocycles. The lowest BCUT2D eigenvalue weighted by molar-refractivity contribution is -0.115. The minimum atomic E-state index is -4.29. The van der Waals surface area contributed by atoms with E-state index >= 15 is 0 Å². The number of anilines is 2. The molecule has 9 heteroatoms. The number of nitrogens with zero attached hydrogens (tertiary/aromatic N) is 3. The lowest BCUT2D eigenvalue weighted by atomic mass is 9.84. The Bertz CT molecular complexity index is 1250. The Kier molecular flexibility index (Phi) is 4.02. The van der Waals surface area contributed by atoms with Crippen molar-refractivity contribution in [2.24, 2.45) is 17.8 Å². The molecule has 2 N–H and O–H groups in total. The van der Waals surface area contributed by atoms with Gasteiger partial charge in [-0.2, -0.15) is 13.2 Å². The first kappa shape index (κ1) is 20.7. The predicted octanol–water partition coefficient (Wildman–Crippen LogP) is 5.69. The van der Waals surface area contributed by atoms with E-state index in [-0.39, 0.29) is 11.0 Å². The van der Waals surface area contributed by atoms with Crippen molar-refractivity contribution in [3.63, 3.8) is 0 Å². The SMILES string of the molecule is Cc1cc(-c2nnc(NC34C5CCC3C54)o2)nc2c(C(C)(C)C)cc(NCC(F)(F)F)cc12. The zero-order valence-corrected chi connectivity index (χ0v) is 19.0. The molecule has 0 aliphatic heterocycles. The van der Waals surface area contributed by atoms with Gasteiger partial charge in [-0.05, 0) is 72.3 Å². The van der Waals surface area contributed by atoms with Crippen LogP contribution in [-0.4, -0.2) is 33.4 Å². The van der Waals surface area contributed by atoms with Crippen molar-refractivity contribution in [1.82, 2.24) is 15.2 Å². The first-order valence-corrected chi connectivity index (χ1v) is 11.4. The molecule has 7 rings (SSSR count). The Morgan fingerprint density at radius 2 is 1.82 bits per heavy atom. The van der Waals surface area contributed by atoms with E-state index in [1.54, 1.807) is 12.1 Å². The van der Waals surface area contributed by atoms with E-state index in [2.05, 4.69) is 20.8 Å². The van der Waals surface area contributed by atoms with Crippen molar-refractivity contribution in [1.29, 1.82) is 0 Å². The number of rotatable bonds is 5. The summed E-state index contributed by atoms with van der Waals surface area (Å²) in [5, 5.41) is 15.2. The number of alkyl halides is 3. The van der Waals surface area contributed by atoms with Crippen molar-refractivity contribution in [3.8, 4) is 11.6 Å². The second-order valence-corrected chi connectivity index (χ2v) is 10.7. The number of aromatic nitrogens is 3. The van der Waals surface area contributed by atoms with Gasteiger partial charge >= 0.3 is 12.2 Å². The van der Waals surface area contributed by atoms with Gasteiger partial charge in [0.05, 0.1) is 11.1 Å². The highest BCUT2D eigenvalue weighted by Crippen LogP contribution is 2.85. The molecule has 1 aromatic carbocycles. The second kappa shape index (κ2) is 6.39. The molecule has 2 heterocycles. The molecule has 0 spiro atoms. The van der Waals surface area contributed by atoms with Crippen molar-refractivity contribution in [2.75, 3.05) is 17.2 Å². The van der Waals surface area contributed by atoms with Crippen molar-refractivity contribution < 1.29 is 17.6 Å². The molecule has 2 unspecified atom stereocenters. The van der Waals surface area contributed by atoms with E-state index in [9.17, 15) is 13.2 Å². The zero-order chi connectivity index (χ0) is 23.3. The average Bonchev–Trinajstić information content (AvgIpc) is 3.22. The molecule has 2 aromatic heterocycles. The first-order chi connectivity index (χ1) is 15.5. The number of pyridine rings is 1. The van der Waals surface area contributed by atoms with Crippen LogP contribution in [0.25, 0.3) is 22.5 Å². The maximum atomic E-state index is 12.8. The van der Waals surface area contributed by atoms with Crippen LogP contribution in [0.3, 0.4) is 0 Å². The summed E-state index contributed by atoms with van der Waals surface area (Å²) in [4.78, 5) is 4.83. The Morgan fingerprint density at radius 3 is 2.45 bits per heavy atom. The zero-order valence-electron chi connectivity index (χ0n) is 19.0. The molecule has 0 radical (unpaired) electrons. The number of benzene rings is 1. The fraction of sp³-hybridized carbons (Fsp3) is 0.542. The molecule has 6 nitrogen and oxygen atoms in total. The van der Waals surface area contributed by atoms with Gasteiger partial charge in [-0.25, -0.2) is 4.98 Å². The lowest BCUT2D eigenvalue weighted by Crippen LogP contribution is -2.22. The molecule has 0 saturated heterocycles. The van der Waals surface area contributed by atoms with Crippen LogP contribution in [0, 0.1) is 24.7 Å². The highest BCUT2D eigenvalue weighted by atomic mass is 19.4. The standard InChI is InChI=1S/C24H26F3N5O/c1-11-7-17(20-31-32-21(33-20)30-24-14-5-6-15(24)18(14)24)29-19-13(11)8-12(28-10-23(25,26)27)9-16(19)22(2,3)4/h7-9,14-15,18,28H,5-6,10H2,1-4H3,(H,30,32). The van der Waals surface area contributed by atoms with Gasteiger partial charge in [0.15, 0.2) is 0 Å². The summed E-state index contributed by atoms with van der Waals surface area (Å²) in [6.45, 7) is 6.88. The van der Waals surface area contributed by atoms with E-state index in [4.69, 9.17) is 9.40 Å². The van der Waals surface area contributed by atoms with Gasteiger partial charge < -0.3 is 15.1 Å². The number of hydrogen-bond acceptors (Lipinski definition) is 6. The van der Waals surface area contributed by atoms with E-state index < -0.39 is 12.7 Å². The topological polar surface area (TPSA) is 75.9 Å². The van der Waals surface area contributed by atoms with E-state index in [0.717, 1.165) is 39.8 Å². The summed E-state index contributed by atoms with van der Waals surface area (Å²) in [6.07, 6.45) is -1.73. The van der Waals surface area contributed by atoms with Gasteiger partial charge in [-0.3, -0.25) is 0 Å². The number of aryl methyl sites for hydroxylation is 1. The van der Waals surface area contributed by atoms with Gasteiger partial charge in [0.2, 0.25) is 0 Å². The van der Waals surface area contributed by atoms with Crippen LogP contribution < -0.4 is 10.6 Å². The monoisotopic (exact) mass is 457 g/mol. The summed E-state index contributed by atoms with van der Waals surface area (Å²) in [6, 6.07) is 5.75. The summed E-state index contributed by atoms with van der Waals surface area (Å²) >= 11 is 0. The quantitative estimate of drug-likeness (QED) is 0.513. The van der Waals surface area contributed by atoms with Gasteiger partial charge in [0.25, 0.3) is 5.89 Å². The fourth-order valence-corrected chi connectivity index (χ4v) is 5.96. The average molecular weight is 458 g/mol. The Labute approximate surface area is 189 Å². The minimum Gasteiger partial charge on any atom is -0.402 e. The smallest absolute Gasteiger partial charge is 0.402 e. The maximum Gasteiger partial charge on any atom is 0.405 e. The molecule has 3 aromatic rings. The number of fused-ring (bicyclic) bond motifs is 2. The van der Waals surface area contributed by atoms with Crippen molar-refractivity contribution in [3.05, 3.63) is 29.3 Å². The Morgan fingerprint density at radius 1 is 1.09 bits per heavy atom. The number of nitrogens with one attached hydrogen (secondary N) is 2. The molecule has 2 bridgehead atoms. The first-order valence-electron chi connectivity index (χ1n) is 11.4. The molecule has 174 valence electrons. The molecule has 33 heavy (non-hydrogen) atoms. The highest BCUT2D eigenvalue weighted by molar-refractivity contribution is 5.90.